The van der Waals surface area contributed by atoms with Gasteiger partial charge in [-0.15, -0.1) is 0 Å². The third kappa shape index (κ3) is 12.6. The summed E-state index contributed by atoms with van der Waals surface area (Å²) in [6.45, 7) is 3.62. The van der Waals surface area contributed by atoms with E-state index in [9.17, 15) is 9.59 Å². The highest BCUT2D eigenvalue weighted by atomic mass is 32.2. The lowest BCUT2D eigenvalue weighted by Crippen LogP contribution is -2.31. The predicted octanol–water partition coefficient (Wildman–Crippen LogP) is 4.02. The summed E-state index contributed by atoms with van der Waals surface area (Å²) in [5.74, 6) is 5.64. The molecule has 3 amide bonds. The average Bonchev–Trinajstić information content (AvgIpc) is 3.04. The van der Waals surface area contributed by atoms with E-state index in [1.54, 1.807) is 56.6 Å². The van der Waals surface area contributed by atoms with Crippen LogP contribution in [0.25, 0.3) is 0 Å². The fraction of sp³-hybridized carbons (Fsp3) is 0.303. The van der Waals surface area contributed by atoms with E-state index in [0.717, 1.165) is 9.79 Å². The molecule has 6 N–H and O–H groups in total. The molecule has 0 bridgehead atoms. The molecule has 11 nitrogen and oxygen atoms in total. The zero-order chi connectivity index (χ0) is 32.3. The number of carbonyl (C=O) groups excluding carboxylic acids is 2. The molecule has 45 heavy (non-hydrogen) atoms. The zero-order valence-electron chi connectivity index (χ0n) is 25.4. The van der Waals surface area contributed by atoms with Crippen molar-refractivity contribution >= 4 is 40.8 Å². The molecule has 0 heterocycles. The van der Waals surface area contributed by atoms with E-state index in [0.29, 0.717) is 80.9 Å². The first-order valence-corrected chi connectivity index (χ1v) is 15.1. The first-order valence-electron chi connectivity index (χ1n) is 14.3. The summed E-state index contributed by atoms with van der Waals surface area (Å²) in [5, 5.41) is 16.6. The molecule has 0 fully saturated rings. The second kappa shape index (κ2) is 19.8. The van der Waals surface area contributed by atoms with Crippen LogP contribution in [0, 0.1) is 17.3 Å². The summed E-state index contributed by atoms with van der Waals surface area (Å²) < 4.78 is 21.1. The Morgan fingerprint density at radius 3 is 2.29 bits per heavy atom. The van der Waals surface area contributed by atoms with Gasteiger partial charge in [-0.05, 0) is 54.5 Å². The first kappa shape index (κ1) is 35.1. The lowest BCUT2D eigenvalue weighted by molar-refractivity contribution is 0.00431. The number of amides is 3. The Hall–Kier alpha value is -4.38. The Morgan fingerprint density at radius 1 is 0.867 bits per heavy atom. The fourth-order valence-electron chi connectivity index (χ4n) is 3.81. The molecule has 0 aliphatic rings. The normalized spacial score (nSPS) is 10.4. The van der Waals surface area contributed by atoms with E-state index in [2.05, 4.69) is 27.8 Å². The minimum Gasteiger partial charge on any atom is -0.398 e. The minimum absolute atomic E-state index is 0.0618. The number of nitrogen functional groups attached to an aromatic ring is 1. The predicted molar refractivity (Wildman–Crippen MR) is 176 cm³/mol. The number of urea groups is 1. The van der Waals surface area contributed by atoms with Gasteiger partial charge >= 0.3 is 6.03 Å². The molecular formula is C33H39N5O6S. The van der Waals surface area contributed by atoms with Crippen molar-refractivity contribution in [1.29, 1.82) is 5.41 Å². The summed E-state index contributed by atoms with van der Waals surface area (Å²) in [7, 11) is 3.22. The molecule has 0 aliphatic carbocycles. The number of nitrogens with one attached hydrogen (secondary N) is 4. The van der Waals surface area contributed by atoms with Gasteiger partial charge in [-0.2, -0.15) is 0 Å². The number of hydrogen-bond donors (Lipinski definition) is 5. The number of ether oxygens (including phenoxy) is 4. The molecule has 3 aromatic rings. The molecule has 0 saturated heterocycles. The van der Waals surface area contributed by atoms with Crippen LogP contribution < -0.4 is 21.7 Å². The van der Waals surface area contributed by atoms with Gasteiger partial charge in [0.2, 0.25) is 0 Å². The number of methoxy groups -OCH3 is 1. The fourth-order valence-corrected chi connectivity index (χ4v) is 4.80. The zero-order valence-corrected chi connectivity index (χ0v) is 26.3. The van der Waals surface area contributed by atoms with E-state index >= 15 is 0 Å². The first-order chi connectivity index (χ1) is 21.9. The van der Waals surface area contributed by atoms with E-state index in [4.69, 9.17) is 30.1 Å². The molecule has 0 saturated carbocycles. The van der Waals surface area contributed by atoms with Crippen LogP contribution in [0.1, 0.15) is 21.5 Å². The van der Waals surface area contributed by atoms with E-state index in [1.807, 2.05) is 24.3 Å². The summed E-state index contributed by atoms with van der Waals surface area (Å²) in [5.41, 5.74) is 9.00. The van der Waals surface area contributed by atoms with Crippen LogP contribution in [0.3, 0.4) is 0 Å². The van der Waals surface area contributed by atoms with Crippen LogP contribution >= 0.6 is 11.8 Å². The van der Waals surface area contributed by atoms with E-state index in [-0.39, 0.29) is 17.6 Å². The standard InChI is InChI=1S/C33H39N5O6S/c1-36-32(39)28-8-3-4-9-31(28)45-26-11-12-27(30(35)23-26)29(34)13-10-24-6-5-7-25(22-24)38-33(40)37-14-15-42-18-19-44-21-20-43-17-16-41-2/h3-9,11-12,22-23,34H,14-21,35H2,1-2H3,(H,36,39)(H2,37,38,40). The van der Waals surface area contributed by atoms with Crippen molar-refractivity contribution in [3.05, 3.63) is 83.4 Å². The van der Waals surface area contributed by atoms with Crippen LogP contribution in [-0.4, -0.2) is 84.6 Å². The molecule has 0 spiro atoms. The number of benzene rings is 3. The number of carbonyl (C=O) groups is 2. The van der Waals surface area contributed by atoms with Crippen molar-refractivity contribution in [3.8, 4) is 11.8 Å². The van der Waals surface area contributed by atoms with Gasteiger partial charge in [0.1, 0.15) is 5.71 Å². The van der Waals surface area contributed by atoms with Crippen LogP contribution in [0.5, 0.6) is 0 Å². The van der Waals surface area contributed by atoms with Crippen LogP contribution in [0.2, 0.25) is 0 Å². The monoisotopic (exact) mass is 633 g/mol. The van der Waals surface area contributed by atoms with Gasteiger partial charge in [0, 0.05) is 53.0 Å². The van der Waals surface area contributed by atoms with Gasteiger partial charge in [0.15, 0.2) is 0 Å². The molecule has 12 heteroatoms. The highest BCUT2D eigenvalue weighted by molar-refractivity contribution is 7.99. The van der Waals surface area contributed by atoms with Crippen molar-refractivity contribution in [3.63, 3.8) is 0 Å². The minimum atomic E-state index is -0.371. The van der Waals surface area contributed by atoms with Crippen molar-refractivity contribution in [2.75, 3.05) is 78.0 Å². The maximum atomic E-state index is 12.3. The molecule has 0 unspecified atom stereocenters. The smallest absolute Gasteiger partial charge is 0.319 e. The van der Waals surface area contributed by atoms with Crippen LogP contribution in [0.4, 0.5) is 16.2 Å². The third-order valence-electron chi connectivity index (χ3n) is 6.04. The van der Waals surface area contributed by atoms with Crippen molar-refractivity contribution < 1.29 is 28.5 Å². The quantitative estimate of drug-likeness (QED) is 0.0646. The molecule has 0 aromatic heterocycles. The Bertz CT molecular complexity index is 1490. The SMILES string of the molecule is CNC(=O)c1ccccc1Sc1ccc(C(=N)C#Cc2cccc(NC(=O)NCCOCCOCCOCCOC)c2)c(N)c1. The second-order valence-electron chi connectivity index (χ2n) is 9.34. The molecule has 0 aliphatic heterocycles. The lowest BCUT2D eigenvalue weighted by Gasteiger charge is -2.10. The molecule has 238 valence electrons. The van der Waals surface area contributed by atoms with Gasteiger partial charge in [0.25, 0.3) is 5.91 Å². The van der Waals surface area contributed by atoms with Gasteiger partial charge in [0.05, 0.1) is 51.8 Å². The second-order valence-corrected chi connectivity index (χ2v) is 10.5. The highest BCUT2D eigenvalue weighted by Crippen LogP contribution is 2.32. The van der Waals surface area contributed by atoms with Gasteiger partial charge in [-0.25, -0.2) is 4.79 Å². The van der Waals surface area contributed by atoms with Crippen LogP contribution in [-0.2, 0) is 18.9 Å². The maximum Gasteiger partial charge on any atom is 0.319 e. The topological polar surface area (TPSA) is 157 Å². The van der Waals surface area contributed by atoms with Crippen LogP contribution in [0.15, 0.2) is 76.5 Å². The van der Waals surface area contributed by atoms with E-state index in [1.165, 1.54) is 11.8 Å². The molecule has 0 radical (unpaired) electrons. The lowest BCUT2D eigenvalue weighted by atomic mass is 10.1. The molecular weight excluding hydrogens is 594 g/mol. The average molecular weight is 634 g/mol. The van der Waals surface area contributed by atoms with Crippen molar-refractivity contribution in [2.45, 2.75) is 9.79 Å². The third-order valence-corrected chi connectivity index (χ3v) is 7.10. The number of anilines is 2. The van der Waals surface area contributed by atoms with Crippen molar-refractivity contribution in [1.82, 2.24) is 10.6 Å². The maximum absolute atomic E-state index is 12.3. The number of rotatable bonds is 17. The molecule has 0 atom stereocenters. The largest absolute Gasteiger partial charge is 0.398 e. The Balaban J connectivity index is 1.43. The van der Waals surface area contributed by atoms with Gasteiger partial charge < -0.3 is 40.6 Å². The molecule has 3 rings (SSSR count). The summed E-state index contributed by atoms with van der Waals surface area (Å²) in [6.07, 6.45) is 0. The summed E-state index contributed by atoms with van der Waals surface area (Å²) in [4.78, 5) is 26.1. The summed E-state index contributed by atoms with van der Waals surface area (Å²) >= 11 is 1.42. The van der Waals surface area contributed by atoms with E-state index < -0.39 is 0 Å². The molecule has 3 aromatic carbocycles. The Kier molecular flexibility index (Phi) is 15.5. The van der Waals surface area contributed by atoms with Crippen molar-refractivity contribution in [2.24, 2.45) is 0 Å². The Morgan fingerprint density at radius 2 is 1.58 bits per heavy atom. The van der Waals surface area contributed by atoms with Gasteiger partial charge in [-0.3, -0.25) is 10.2 Å². The number of nitrogens with two attached hydrogens (primary N) is 1. The summed E-state index contributed by atoms with van der Waals surface area (Å²) in [6, 6.07) is 19.3. The number of hydrogen-bond acceptors (Lipinski definition) is 9. The van der Waals surface area contributed by atoms with Gasteiger partial charge in [-0.1, -0.05) is 35.9 Å². The Labute approximate surface area is 268 Å². The highest BCUT2D eigenvalue weighted by Gasteiger charge is 2.12.